The Hall–Kier alpha value is -3.11. The quantitative estimate of drug-likeness (QED) is 0.436. The Morgan fingerprint density at radius 2 is 1.42 bits per heavy atom. The Kier molecular flexibility index (Phi) is 9.08. The third-order valence-corrected chi connectivity index (χ3v) is 5.99. The van der Waals surface area contributed by atoms with Crippen molar-refractivity contribution in [2.24, 2.45) is 0 Å². The smallest absolute Gasteiger partial charge is 0.243 e. The van der Waals surface area contributed by atoms with Gasteiger partial charge in [-0.2, -0.15) is 0 Å². The van der Waals surface area contributed by atoms with Gasteiger partial charge in [-0.3, -0.25) is 9.59 Å². The van der Waals surface area contributed by atoms with Crippen LogP contribution >= 0.6 is 11.6 Å². The van der Waals surface area contributed by atoms with E-state index in [0.717, 1.165) is 23.1 Å². The van der Waals surface area contributed by atoms with E-state index in [1.165, 1.54) is 0 Å². The van der Waals surface area contributed by atoms with E-state index >= 15 is 0 Å². The molecular formula is C28H31ClN2O2. The van der Waals surface area contributed by atoms with Crippen molar-refractivity contribution in [3.63, 3.8) is 0 Å². The van der Waals surface area contributed by atoms with Gasteiger partial charge in [0.1, 0.15) is 6.04 Å². The third-order valence-electron chi connectivity index (χ3n) is 5.74. The number of hydrogen-bond donors (Lipinski definition) is 1. The van der Waals surface area contributed by atoms with Crippen LogP contribution in [0, 0.1) is 0 Å². The molecule has 0 aliphatic carbocycles. The van der Waals surface area contributed by atoms with Gasteiger partial charge >= 0.3 is 0 Å². The predicted octanol–water partition coefficient (Wildman–Crippen LogP) is 5.44. The van der Waals surface area contributed by atoms with Gasteiger partial charge in [0.05, 0.1) is 6.42 Å². The second-order valence-corrected chi connectivity index (χ2v) is 8.77. The number of rotatable bonds is 10. The van der Waals surface area contributed by atoms with Crippen LogP contribution in [-0.2, 0) is 29.0 Å². The number of carbonyl (C=O) groups is 2. The molecular weight excluding hydrogens is 432 g/mol. The standard InChI is InChI=1S/C28H31ClN2O2/c1-3-21(2)30-28(33)26(18-22-10-6-4-7-11-22)31(20-24-12-8-5-9-13-24)27(32)19-23-14-16-25(29)17-15-23/h4-17,21,26H,3,18-20H2,1-2H3,(H,30,33)/t21-,26+/m1/s1. The number of nitrogens with zero attached hydrogens (tertiary/aromatic N) is 1. The number of halogens is 1. The summed E-state index contributed by atoms with van der Waals surface area (Å²) in [6.45, 7) is 4.37. The normalized spacial score (nSPS) is 12.6. The molecule has 3 aromatic carbocycles. The van der Waals surface area contributed by atoms with Gasteiger partial charge in [-0.1, -0.05) is 91.3 Å². The first-order valence-corrected chi connectivity index (χ1v) is 11.8. The molecule has 0 saturated carbocycles. The molecule has 5 heteroatoms. The molecule has 0 heterocycles. The SMILES string of the molecule is CC[C@@H](C)NC(=O)[C@H](Cc1ccccc1)N(Cc1ccccc1)C(=O)Cc1ccc(Cl)cc1. The molecule has 33 heavy (non-hydrogen) atoms. The summed E-state index contributed by atoms with van der Waals surface area (Å²) in [4.78, 5) is 28.8. The van der Waals surface area contributed by atoms with Gasteiger partial charge in [0.2, 0.25) is 11.8 Å². The van der Waals surface area contributed by atoms with Crippen LogP contribution < -0.4 is 5.32 Å². The minimum Gasteiger partial charge on any atom is -0.352 e. The molecule has 0 spiro atoms. The second-order valence-electron chi connectivity index (χ2n) is 8.33. The maximum Gasteiger partial charge on any atom is 0.243 e. The molecule has 0 aromatic heterocycles. The van der Waals surface area contributed by atoms with Crippen molar-refractivity contribution in [2.75, 3.05) is 0 Å². The Morgan fingerprint density at radius 1 is 0.848 bits per heavy atom. The maximum absolute atomic E-state index is 13.6. The van der Waals surface area contributed by atoms with Crippen LogP contribution in [0.25, 0.3) is 0 Å². The molecule has 1 N–H and O–H groups in total. The first-order chi connectivity index (χ1) is 16.0. The van der Waals surface area contributed by atoms with Crippen molar-refractivity contribution in [2.45, 2.75) is 51.7 Å². The lowest BCUT2D eigenvalue weighted by atomic mass is 10.0. The molecule has 0 aliphatic rings. The van der Waals surface area contributed by atoms with E-state index in [1.807, 2.05) is 86.6 Å². The fraction of sp³-hybridized carbons (Fsp3) is 0.286. The van der Waals surface area contributed by atoms with Crippen molar-refractivity contribution < 1.29 is 9.59 Å². The highest BCUT2D eigenvalue weighted by Crippen LogP contribution is 2.18. The van der Waals surface area contributed by atoms with E-state index in [2.05, 4.69) is 5.32 Å². The highest BCUT2D eigenvalue weighted by atomic mass is 35.5. The van der Waals surface area contributed by atoms with Gasteiger partial charge in [0, 0.05) is 24.0 Å². The molecule has 3 rings (SSSR count). The summed E-state index contributed by atoms with van der Waals surface area (Å²) >= 11 is 6.01. The Bertz CT molecular complexity index is 1020. The van der Waals surface area contributed by atoms with Gasteiger partial charge in [-0.25, -0.2) is 0 Å². The molecule has 2 amide bonds. The van der Waals surface area contributed by atoms with Crippen LogP contribution in [0.15, 0.2) is 84.9 Å². The van der Waals surface area contributed by atoms with E-state index in [1.54, 1.807) is 17.0 Å². The van der Waals surface area contributed by atoms with Gasteiger partial charge in [-0.05, 0) is 42.2 Å². The van der Waals surface area contributed by atoms with E-state index in [9.17, 15) is 9.59 Å². The lowest BCUT2D eigenvalue weighted by molar-refractivity contribution is -0.141. The fourth-order valence-corrected chi connectivity index (χ4v) is 3.78. The van der Waals surface area contributed by atoms with Crippen LogP contribution in [-0.4, -0.2) is 28.8 Å². The van der Waals surface area contributed by atoms with Gasteiger partial charge < -0.3 is 10.2 Å². The minimum atomic E-state index is -0.624. The number of nitrogens with one attached hydrogen (secondary N) is 1. The second kappa shape index (κ2) is 12.2. The molecule has 0 radical (unpaired) electrons. The number of amides is 2. The highest BCUT2D eigenvalue weighted by Gasteiger charge is 2.30. The minimum absolute atomic E-state index is 0.0284. The Balaban J connectivity index is 1.94. The molecule has 2 atom stereocenters. The Morgan fingerprint density at radius 3 is 2.00 bits per heavy atom. The summed E-state index contributed by atoms with van der Waals surface area (Å²) in [6.07, 6.45) is 1.47. The Labute approximate surface area is 201 Å². The van der Waals surface area contributed by atoms with E-state index < -0.39 is 6.04 Å². The topological polar surface area (TPSA) is 49.4 Å². The lowest BCUT2D eigenvalue weighted by Gasteiger charge is -2.32. The summed E-state index contributed by atoms with van der Waals surface area (Å²) < 4.78 is 0. The third kappa shape index (κ3) is 7.47. The van der Waals surface area contributed by atoms with E-state index in [4.69, 9.17) is 11.6 Å². The predicted molar refractivity (Wildman–Crippen MR) is 134 cm³/mol. The first-order valence-electron chi connectivity index (χ1n) is 11.4. The van der Waals surface area contributed by atoms with Gasteiger partial charge in [0.15, 0.2) is 0 Å². The van der Waals surface area contributed by atoms with Crippen molar-refractivity contribution in [1.29, 1.82) is 0 Å². The molecule has 3 aromatic rings. The largest absolute Gasteiger partial charge is 0.352 e. The van der Waals surface area contributed by atoms with Crippen LogP contribution in [0.1, 0.15) is 37.0 Å². The average molecular weight is 463 g/mol. The summed E-state index contributed by atoms with van der Waals surface area (Å²) in [6, 6.07) is 26.3. The van der Waals surface area contributed by atoms with Crippen molar-refractivity contribution in [1.82, 2.24) is 10.2 Å². The molecule has 0 aliphatic heterocycles. The summed E-state index contributed by atoms with van der Waals surface area (Å²) in [5.74, 6) is -0.227. The molecule has 0 bridgehead atoms. The highest BCUT2D eigenvalue weighted by molar-refractivity contribution is 6.30. The van der Waals surface area contributed by atoms with E-state index in [-0.39, 0.29) is 24.3 Å². The average Bonchev–Trinajstić information content (AvgIpc) is 2.83. The van der Waals surface area contributed by atoms with Crippen molar-refractivity contribution in [3.8, 4) is 0 Å². The first kappa shape index (κ1) is 24.5. The number of carbonyl (C=O) groups excluding carboxylic acids is 2. The molecule has 0 unspecified atom stereocenters. The summed E-state index contributed by atoms with van der Waals surface area (Å²) in [5.41, 5.74) is 2.86. The molecule has 4 nitrogen and oxygen atoms in total. The summed E-state index contributed by atoms with van der Waals surface area (Å²) in [7, 11) is 0. The molecule has 0 fully saturated rings. The monoisotopic (exact) mass is 462 g/mol. The van der Waals surface area contributed by atoms with Gasteiger partial charge in [0.25, 0.3) is 0 Å². The molecule has 0 saturated heterocycles. The number of hydrogen-bond acceptors (Lipinski definition) is 2. The fourth-order valence-electron chi connectivity index (χ4n) is 3.65. The zero-order valence-corrected chi connectivity index (χ0v) is 20.0. The van der Waals surface area contributed by atoms with Gasteiger partial charge in [-0.15, -0.1) is 0 Å². The van der Waals surface area contributed by atoms with Crippen LogP contribution in [0.4, 0.5) is 0 Å². The van der Waals surface area contributed by atoms with Crippen LogP contribution in [0.3, 0.4) is 0 Å². The number of benzene rings is 3. The zero-order chi connectivity index (χ0) is 23.6. The van der Waals surface area contributed by atoms with E-state index in [0.29, 0.717) is 18.0 Å². The van der Waals surface area contributed by atoms with Crippen LogP contribution in [0.5, 0.6) is 0 Å². The van der Waals surface area contributed by atoms with Crippen molar-refractivity contribution >= 4 is 23.4 Å². The summed E-state index contributed by atoms with van der Waals surface area (Å²) in [5, 5.41) is 3.72. The van der Waals surface area contributed by atoms with Crippen LogP contribution in [0.2, 0.25) is 5.02 Å². The van der Waals surface area contributed by atoms with Crippen molar-refractivity contribution in [3.05, 3.63) is 107 Å². The lowest BCUT2D eigenvalue weighted by Crippen LogP contribution is -2.52. The molecule has 172 valence electrons. The zero-order valence-electron chi connectivity index (χ0n) is 19.2. The maximum atomic E-state index is 13.6.